The molecule has 0 fully saturated rings. The van der Waals surface area contributed by atoms with Gasteiger partial charge in [-0.3, -0.25) is 4.79 Å². The Morgan fingerprint density at radius 1 is 0.528 bits per heavy atom. The minimum atomic E-state index is -1.18. The molecule has 0 aliphatic carbocycles. The molecule has 6 aromatic carbocycles. The Kier molecular flexibility index (Phi) is 19.6. The van der Waals surface area contributed by atoms with Crippen molar-refractivity contribution in [2.45, 2.75) is 72.9 Å². The molecule has 372 valence electrons. The van der Waals surface area contributed by atoms with Gasteiger partial charge in [0.25, 0.3) is 0 Å². The van der Waals surface area contributed by atoms with Crippen LogP contribution in [0.3, 0.4) is 0 Å². The molecule has 10 rings (SSSR count). The number of hydrogen-bond donors (Lipinski definition) is 2. The molecular weight excluding hydrogens is 1040 g/mol. The van der Waals surface area contributed by atoms with Crippen LogP contribution in [0.2, 0.25) is 0 Å². The summed E-state index contributed by atoms with van der Waals surface area (Å²) in [5.74, 6) is 0. The van der Waals surface area contributed by atoms with Gasteiger partial charge in [0.05, 0.1) is 43.7 Å². The summed E-state index contributed by atoms with van der Waals surface area (Å²) in [6.07, 6.45) is 6.79. The van der Waals surface area contributed by atoms with E-state index in [1.54, 1.807) is 63.7 Å². The minimum Gasteiger partial charge on any atom is -0.320 e. The van der Waals surface area contributed by atoms with E-state index in [0.29, 0.717) is 0 Å². The number of nitrogens with two attached hydrogens (primary N) is 1. The highest BCUT2D eigenvalue weighted by Crippen LogP contribution is 2.38. The Labute approximate surface area is 453 Å². The van der Waals surface area contributed by atoms with E-state index in [-0.39, 0.29) is 21.6 Å². The molecule has 0 bridgehead atoms. The number of thioether (sulfide) groups is 2. The Balaban J connectivity index is 0.000000146. The van der Waals surface area contributed by atoms with Crippen molar-refractivity contribution < 1.29 is 13.2 Å². The van der Waals surface area contributed by atoms with Gasteiger partial charge in [0, 0.05) is 43.2 Å². The van der Waals surface area contributed by atoms with Crippen molar-refractivity contribution in [1.82, 2.24) is 4.72 Å². The van der Waals surface area contributed by atoms with Crippen molar-refractivity contribution in [1.29, 1.82) is 0 Å². The van der Waals surface area contributed by atoms with Gasteiger partial charge in [-0.05, 0) is 147 Å². The van der Waals surface area contributed by atoms with Gasteiger partial charge in [0.1, 0.15) is 11.0 Å². The van der Waals surface area contributed by atoms with Crippen LogP contribution in [-0.4, -0.2) is 42.9 Å². The van der Waals surface area contributed by atoms with Gasteiger partial charge in [0.15, 0.2) is 6.29 Å². The van der Waals surface area contributed by atoms with Gasteiger partial charge in [-0.25, -0.2) is 13.1 Å². The molecule has 6 nitrogen and oxygen atoms in total. The number of carbonyl (C=O) groups is 1. The summed E-state index contributed by atoms with van der Waals surface area (Å²) in [5.41, 5.74) is 8.84. The van der Waals surface area contributed by atoms with Gasteiger partial charge in [-0.1, -0.05) is 109 Å². The number of benzene rings is 6. The summed E-state index contributed by atoms with van der Waals surface area (Å²) in [7, 11) is -2.34. The highest BCUT2D eigenvalue weighted by molar-refractivity contribution is 7.99. The first kappa shape index (κ1) is 55.2. The average Bonchev–Trinajstić information content (AvgIpc) is 4.21. The van der Waals surface area contributed by atoms with Crippen molar-refractivity contribution in [2.75, 3.05) is 12.5 Å². The summed E-state index contributed by atoms with van der Waals surface area (Å²) in [5, 5.41) is 4.87. The van der Waals surface area contributed by atoms with E-state index >= 15 is 0 Å². The van der Waals surface area contributed by atoms with Gasteiger partial charge in [0.2, 0.25) is 0 Å². The van der Waals surface area contributed by atoms with Gasteiger partial charge in [-0.2, -0.15) is 4.40 Å². The molecule has 0 aliphatic rings. The Morgan fingerprint density at radius 3 is 1.40 bits per heavy atom. The van der Waals surface area contributed by atoms with E-state index in [4.69, 9.17) is 5.73 Å². The van der Waals surface area contributed by atoms with E-state index in [1.165, 1.54) is 77.0 Å². The molecule has 0 radical (unpaired) electrons. The number of nitrogens with one attached hydrogen (secondary N) is 1. The summed E-state index contributed by atoms with van der Waals surface area (Å²) in [4.78, 5) is 17.1. The second kappa shape index (κ2) is 25.6. The molecule has 10 aromatic rings. The van der Waals surface area contributed by atoms with Crippen molar-refractivity contribution in [2.24, 2.45) is 10.1 Å². The lowest BCUT2D eigenvalue weighted by atomic mass is 10.1. The molecule has 4 atom stereocenters. The number of carbonyl (C=O) groups excluding carboxylic acids is 1. The molecule has 0 aliphatic heterocycles. The first-order chi connectivity index (χ1) is 34.6. The van der Waals surface area contributed by atoms with E-state index < -0.39 is 22.0 Å². The molecule has 4 heterocycles. The summed E-state index contributed by atoms with van der Waals surface area (Å²) in [6, 6.07) is 58.0. The van der Waals surface area contributed by atoms with Gasteiger partial charge >= 0.3 is 0 Å². The van der Waals surface area contributed by atoms with Crippen LogP contribution in [0.15, 0.2) is 184 Å². The lowest BCUT2D eigenvalue weighted by Gasteiger charge is -2.25. The van der Waals surface area contributed by atoms with Crippen molar-refractivity contribution >= 4 is 144 Å². The molecule has 0 spiro atoms. The van der Waals surface area contributed by atoms with Gasteiger partial charge < -0.3 is 5.73 Å². The molecule has 72 heavy (non-hydrogen) atoms. The lowest BCUT2D eigenvalue weighted by Crippen LogP contribution is -2.36. The third-order valence-electron chi connectivity index (χ3n) is 11.0. The van der Waals surface area contributed by atoms with E-state index in [1.807, 2.05) is 84.0 Å². The number of fused-ring (bicyclic) bond motifs is 4. The number of thiophene rings is 4. The fraction of sp³-hybridized carbons (Fsp3) is 0.207. The number of nitrogens with zero attached hydrogens (tertiary/aromatic N) is 1. The maximum Gasteiger partial charge on any atom is 0.160 e. The van der Waals surface area contributed by atoms with Crippen LogP contribution in [0.1, 0.15) is 89.1 Å². The Morgan fingerprint density at radius 2 is 0.931 bits per heavy atom. The molecule has 4 aromatic heterocycles. The summed E-state index contributed by atoms with van der Waals surface area (Å²) < 4.78 is 36.5. The van der Waals surface area contributed by atoms with Crippen LogP contribution in [0.25, 0.3) is 40.3 Å². The first-order valence-corrected chi connectivity index (χ1v) is 31.1. The zero-order valence-corrected chi connectivity index (χ0v) is 48.0. The van der Waals surface area contributed by atoms with Crippen LogP contribution < -0.4 is 10.5 Å². The first-order valence-electron chi connectivity index (χ1n) is 23.1. The predicted octanol–water partition coefficient (Wildman–Crippen LogP) is 16.9. The normalized spacial score (nSPS) is 13.4. The third-order valence-corrected chi connectivity index (χ3v) is 20.0. The lowest BCUT2D eigenvalue weighted by molar-refractivity contribution is 0.112. The minimum absolute atomic E-state index is 0.0407. The highest BCUT2D eigenvalue weighted by Gasteiger charge is 2.27. The van der Waals surface area contributed by atoms with Crippen LogP contribution in [-0.2, 0) is 22.0 Å². The van der Waals surface area contributed by atoms with Gasteiger partial charge in [-0.15, -0.1) is 68.9 Å². The Bertz CT molecular complexity index is 3330. The summed E-state index contributed by atoms with van der Waals surface area (Å²) in [6.45, 7) is 11.8. The SMILES string of the molecule is CC(C)(C)S(=O)N=Cc1cc2ccccc2s1.CSc1ccccc1C(N)c1cc2ccccc2s1.CSc1ccccc1C(NS(=O)C(C)(C)C)c1cc2ccccc2s1.O=Cc1cc2ccccc2s1. The zero-order chi connectivity index (χ0) is 51.4. The fourth-order valence-corrected chi connectivity index (χ4v) is 14.0. The largest absolute Gasteiger partial charge is 0.320 e. The maximum absolute atomic E-state index is 12.8. The van der Waals surface area contributed by atoms with Crippen LogP contribution in [0.5, 0.6) is 0 Å². The Hall–Kier alpha value is -4.58. The maximum atomic E-state index is 12.8. The zero-order valence-electron chi connectivity index (χ0n) is 41.5. The topological polar surface area (TPSA) is 102 Å². The average molecular weight is 1100 g/mol. The van der Waals surface area contributed by atoms with Crippen LogP contribution >= 0.6 is 68.9 Å². The predicted molar refractivity (Wildman–Crippen MR) is 324 cm³/mol. The number of hydrogen-bond acceptors (Lipinski definition) is 10. The van der Waals surface area contributed by atoms with Crippen molar-refractivity contribution in [3.05, 3.63) is 200 Å². The standard InChI is InChI=1S/C20H23NOS3.C16H15NS2.C13H15NOS2.C9H6OS/c1-20(2,3)25(22)21-19(15-10-6-8-12-17(15)23-4)18-13-14-9-5-7-11-16(14)24-18;1-18-14-9-5-3-7-12(14)16(17)15-10-11-6-2-4-8-13(11)19-15;1-13(2,3)17(15)14-9-11-8-10-6-4-5-7-12(10)16-11;10-6-8-5-7-3-1-2-4-9(7)11-8/h5-13,19,21H,1-4H3;2-10,16H,17H2,1H3;4-9H,1-3H3;1-6H. The third kappa shape index (κ3) is 14.6. The monoisotopic (exact) mass is 1100 g/mol. The van der Waals surface area contributed by atoms with E-state index in [2.05, 4.69) is 149 Å². The van der Waals surface area contributed by atoms with E-state index in [0.717, 1.165) is 21.4 Å². The quantitative estimate of drug-likeness (QED) is 0.0760. The molecule has 14 heteroatoms. The molecule has 4 unspecified atom stereocenters. The van der Waals surface area contributed by atoms with Crippen LogP contribution in [0, 0.1) is 0 Å². The summed E-state index contributed by atoms with van der Waals surface area (Å²) >= 11 is 10.2. The molecule has 3 N–H and O–H groups in total. The number of rotatable bonds is 11. The van der Waals surface area contributed by atoms with E-state index in [9.17, 15) is 13.2 Å². The second-order valence-corrected chi connectivity index (χ2v) is 28.4. The number of aldehydes is 1. The second-order valence-electron chi connectivity index (χ2n) is 18.4. The van der Waals surface area contributed by atoms with Crippen molar-refractivity contribution in [3.63, 3.8) is 0 Å². The highest BCUT2D eigenvalue weighted by atomic mass is 32.2. The fourth-order valence-electron chi connectivity index (χ4n) is 7.22. The van der Waals surface area contributed by atoms with Crippen LogP contribution in [0.4, 0.5) is 0 Å². The molecule has 0 saturated heterocycles. The smallest absolute Gasteiger partial charge is 0.160 e. The molecular formula is C58H59N3O3S8. The molecule has 0 saturated carbocycles. The van der Waals surface area contributed by atoms with Crippen molar-refractivity contribution in [3.8, 4) is 0 Å². The molecule has 0 amide bonds.